The van der Waals surface area contributed by atoms with Crippen LogP contribution < -0.4 is 0 Å². The number of likely N-dealkylation sites (tertiary alicyclic amines) is 1. The maximum Gasteiger partial charge on any atom is 0.189 e. The molecule has 3 aromatic carbocycles. The fraction of sp³-hybridized carbons (Fsp3) is 0.241. The van der Waals surface area contributed by atoms with Crippen molar-refractivity contribution < 1.29 is 14.0 Å². The van der Waals surface area contributed by atoms with Crippen LogP contribution in [0, 0.1) is 5.41 Å². The molecule has 0 amide bonds. The zero-order valence-electron chi connectivity index (χ0n) is 18.4. The Morgan fingerprint density at radius 3 is 2.48 bits per heavy atom. The molecule has 0 bridgehead atoms. The predicted molar refractivity (Wildman–Crippen MR) is 126 cm³/mol. The van der Waals surface area contributed by atoms with Gasteiger partial charge in [-0.25, -0.2) is 0 Å². The molecule has 3 aliphatic rings. The van der Waals surface area contributed by atoms with Gasteiger partial charge in [-0.2, -0.15) is 0 Å². The highest BCUT2D eigenvalue weighted by molar-refractivity contribution is 6.24. The number of fused-ring (bicyclic) bond motifs is 3. The number of rotatable bonds is 1. The quantitative estimate of drug-likeness (QED) is 0.405. The van der Waals surface area contributed by atoms with Gasteiger partial charge in [-0.05, 0) is 53.9 Å². The molecule has 0 unspecified atom stereocenters. The topological polar surface area (TPSA) is 50.5 Å². The summed E-state index contributed by atoms with van der Waals surface area (Å²) in [4.78, 5) is 31.3. The summed E-state index contributed by atoms with van der Waals surface area (Å²) in [7, 11) is 2.00. The molecule has 4 nitrogen and oxygen atoms in total. The van der Waals surface area contributed by atoms with Crippen molar-refractivity contribution in [2.45, 2.75) is 24.3 Å². The summed E-state index contributed by atoms with van der Waals surface area (Å²) >= 11 is 0. The number of Topliss-reactive ketones (excluding diaryl/α,β-unsaturated/α-hetero) is 2. The first-order valence-corrected chi connectivity index (χ1v) is 11.5. The number of carbonyl (C=O) groups excluding carboxylic acids is 2. The van der Waals surface area contributed by atoms with Gasteiger partial charge in [0.1, 0.15) is 11.3 Å². The molecule has 4 aromatic rings. The highest BCUT2D eigenvalue weighted by Crippen LogP contribution is 2.67. The number of ketones is 2. The van der Waals surface area contributed by atoms with Crippen LogP contribution >= 0.6 is 0 Å². The van der Waals surface area contributed by atoms with E-state index in [0.29, 0.717) is 13.0 Å². The summed E-state index contributed by atoms with van der Waals surface area (Å²) in [5.41, 5.74) is 1.49. The third-order valence-electron chi connectivity index (χ3n) is 8.48. The van der Waals surface area contributed by atoms with E-state index in [0.717, 1.165) is 45.2 Å². The zero-order chi connectivity index (χ0) is 22.4. The normalized spacial score (nSPS) is 28.3. The molecule has 1 saturated heterocycles. The van der Waals surface area contributed by atoms with Gasteiger partial charge >= 0.3 is 0 Å². The Morgan fingerprint density at radius 2 is 1.67 bits per heavy atom. The van der Waals surface area contributed by atoms with E-state index in [1.165, 1.54) is 0 Å². The van der Waals surface area contributed by atoms with E-state index in [4.69, 9.17) is 4.42 Å². The van der Waals surface area contributed by atoms with Crippen molar-refractivity contribution in [3.05, 3.63) is 107 Å². The summed E-state index contributed by atoms with van der Waals surface area (Å²) in [6.45, 7) is 0.581. The standard InChI is InChI=1S/C29H23NO3/c1-30-17-23(24-13-6-16-33-24)28(15-14-18-7-2-3-10-20(18)26(28)31)29(30)22-12-5-9-19-8-4-11-21(25(19)22)27(29)32/h2-13,16,23H,14-15,17H2,1H3/t23-,28+,29+/m0/s1. The number of nitrogens with zero attached hydrogens (tertiary/aromatic N) is 1. The summed E-state index contributed by atoms with van der Waals surface area (Å²) in [6.07, 6.45) is 3.03. The second-order valence-corrected chi connectivity index (χ2v) is 9.65. The van der Waals surface area contributed by atoms with Crippen molar-refractivity contribution in [3.63, 3.8) is 0 Å². The van der Waals surface area contributed by atoms with Crippen LogP contribution in [-0.2, 0) is 12.0 Å². The molecule has 3 atom stereocenters. The monoisotopic (exact) mass is 433 g/mol. The SMILES string of the molecule is CN1C[C@@H](c2ccco2)[C@@]2(CCc3ccccc3C2=O)[C@@]12C(=O)c1cccc3cccc2c13. The number of likely N-dealkylation sites (N-methyl/N-ethyl adjacent to an activating group) is 1. The fourth-order valence-corrected chi connectivity index (χ4v) is 7.28. The van der Waals surface area contributed by atoms with Crippen LogP contribution in [0.5, 0.6) is 0 Å². The number of hydrogen-bond acceptors (Lipinski definition) is 4. The molecule has 7 rings (SSSR count). The lowest BCUT2D eigenvalue weighted by Crippen LogP contribution is -2.59. The first kappa shape index (κ1) is 19.0. The number of furan rings is 1. The lowest BCUT2D eigenvalue weighted by Gasteiger charge is -2.48. The Kier molecular flexibility index (Phi) is 3.63. The Labute approximate surface area is 191 Å². The average Bonchev–Trinajstić information content (AvgIpc) is 3.52. The largest absolute Gasteiger partial charge is 0.469 e. The minimum absolute atomic E-state index is 0.0404. The summed E-state index contributed by atoms with van der Waals surface area (Å²) in [5.74, 6) is 0.668. The van der Waals surface area contributed by atoms with Gasteiger partial charge in [-0.15, -0.1) is 0 Å². The van der Waals surface area contributed by atoms with Crippen LogP contribution in [0.1, 0.15) is 49.9 Å². The van der Waals surface area contributed by atoms with Gasteiger partial charge < -0.3 is 4.42 Å². The second kappa shape index (κ2) is 6.30. The van der Waals surface area contributed by atoms with E-state index in [1.807, 2.05) is 61.6 Å². The molecular weight excluding hydrogens is 410 g/mol. The third-order valence-corrected chi connectivity index (χ3v) is 8.48. The van der Waals surface area contributed by atoms with Crippen LogP contribution in [-0.4, -0.2) is 30.1 Å². The Bertz CT molecular complexity index is 1460. The average molecular weight is 434 g/mol. The first-order valence-electron chi connectivity index (χ1n) is 11.5. The van der Waals surface area contributed by atoms with Crippen molar-refractivity contribution in [2.24, 2.45) is 5.41 Å². The molecule has 2 heterocycles. The Hall–Kier alpha value is -3.50. The van der Waals surface area contributed by atoms with Crippen LogP contribution in [0.25, 0.3) is 10.8 Å². The molecule has 0 N–H and O–H groups in total. The van der Waals surface area contributed by atoms with Gasteiger partial charge in [0.05, 0.1) is 11.7 Å². The minimum Gasteiger partial charge on any atom is -0.469 e. The number of hydrogen-bond donors (Lipinski definition) is 0. The third kappa shape index (κ3) is 2.02. The van der Waals surface area contributed by atoms with Crippen LogP contribution in [0.15, 0.2) is 83.5 Å². The van der Waals surface area contributed by atoms with Crippen molar-refractivity contribution in [3.8, 4) is 0 Å². The van der Waals surface area contributed by atoms with Gasteiger partial charge in [0, 0.05) is 23.6 Å². The Morgan fingerprint density at radius 1 is 0.879 bits per heavy atom. The van der Waals surface area contributed by atoms with Gasteiger partial charge in [0.25, 0.3) is 0 Å². The zero-order valence-corrected chi connectivity index (χ0v) is 18.4. The van der Waals surface area contributed by atoms with E-state index in [-0.39, 0.29) is 17.5 Å². The van der Waals surface area contributed by atoms with Gasteiger partial charge in [-0.1, -0.05) is 60.7 Å². The van der Waals surface area contributed by atoms with Crippen LogP contribution in [0.3, 0.4) is 0 Å². The van der Waals surface area contributed by atoms with E-state index in [2.05, 4.69) is 23.1 Å². The van der Waals surface area contributed by atoms with Crippen molar-refractivity contribution in [1.29, 1.82) is 0 Å². The predicted octanol–water partition coefficient (Wildman–Crippen LogP) is 5.37. The highest BCUT2D eigenvalue weighted by atomic mass is 16.3. The summed E-state index contributed by atoms with van der Waals surface area (Å²) in [5, 5.41) is 2.03. The highest BCUT2D eigenvalue weighted by Gasteiger charge is 2.74. The molecule has 33 heavy (non-hydrogen) atoms. The molecule has 1 aliphatic heterocycles. The number of aryl methyl sites for hydroxylation is 1. The molecule has 1 aromatic heterocycles. The molecule has 0 radical (unpaired) electrons. The molecule has 0 saturated carbocycles. The maximum atomic E-state index is 14.6. The van der Waals surface area contributed by atoms with Gasteiger partial charge in [-0.3, -0.25) is 14.5 Å². The van der Waals surface area contributed by atoms with E-state index < -0.39 is 11.0 Å². The summed E-state index contributed by atoms with van der Waals surface area (Å²) in [6, 6.07) is 23.8. The van der Waals surface area contributed by atoms with Gasteiger partial charge in [0.15, 0.2) is 11.6 Å². The molecule has 2 spiro atoms. The number of carbonyl (C=O) groups is 2. The van der Waals surface area contributed by atoms with E-state index >= 15 is 0 Å². The fourth-order valence-electron chi connectivity index (χ4n) is 7.28. The van der Waals surface area contributed by atoms with Crippen molar-refractivity contribution in [2.75, 3.05) is 13.6 Å². The molecule has 2 aliphatic carbocycles. The summed E-state index contributed by atoms with van der Waals surface area (Å²) < 4.78 is 5.93. The molecule has 1 fully saturated rings. The lowest BCUT2D eigenvalue weighted by atomic mass is 9.53. The van der Waals surface area contributed by atoms with Crippen molar-refractivity contribution >= 4 is 22.3 Å². The Balaban J connectivity index is 1.60. The van der Waals surface area contributed by atoms with Crippen LogP contribution in [0.4, 0.5) is 0 Å². The van der Waals surface area contributed by atoms with Gasteiger partial charge in [0.2, 0.25) is 0 Å². The molecule has 162 valence electrons. The molecule has 4 heteroatoms. The first-order chi connectivity index (χ1) is 16.1. The minimum atomic E-state index is -1.06. The molecular formula is C29H23NO3. The second-order valence-electron chi connectivity index (χ2n) is 9.65. The number of benzene rings is 3. The van der Waals surface area contributed by atoms with E-state index in [1.54, 1.807) is 6.26 Å². The van der Waals surface area contributed by atoms with Crippen molar-refractivity contribution in [1.82, 2.24) is 4.90 Å². The van der Waals surface area contributed by atoms with E-state index in [9.17, 15) is 9.59 Å². The lowest BCUT2D eigenvalue weighted by molar-refractivity contribution is 0.0254. The van der Waals surface area contributed by atoms with Crippen LogP contribution in [0.2, 0.25) is 0 Å². The smallest absolute Gasteiger partial charge is 0.189 e. The maximum absolute atomic E-state index is 14.6.